The lowest BCUT2D eigenvalue weighted by atomic mass is 10.0. The number of aryl methyl sites for hydroxylation is 1. The van der Waals surface area contributed by atoms with Gasteiger partial charge in [-0.3, -0.25) is 4.90 Å². The van der Waals surface area contributed by atoms with Crippen LogP contribution in [0, 0.1) is 0 Å². The number of urea groups is 1. The third-order valence-electron chi connectivity index (χ3n) is 6.26. The molecule has 2 amide bonds. The number of methoxy groups -OCH3 is 1. The summed E-state index contributed by atoms with van der Waals surface area (Å²) in [4.78, 5) is 15.0. The minimum absolute atomic E-state index is 0.131. The molecule has 0 aromatic heterocycles. The lowest BCUT2D eigenvalue weighted by Gasteiger charge is -2.30. The summed E-state index contributed by atoms with van der Waals surface area (Å²) in [5.41, 5.74) is 11.8. The zero-order valence-corrected chi connectivity index (χ0v) is 20.7. The van der Waals surface area contributed by atoms with Gasteiger partial charge in [0.25, 0.3) is 0 Å². The maximum Gasteiger partial charge on any atom is 0.322 e. The van der Waals surface area contributed by atoms with Gasteiger partial charge in [-0.15, -0.1) is 0 Å². The van der Waals surface area contributed by atoms with E-state index in [1.807, 2.05) is 56.3 Å². The molecule has 0 saturated carbocycles. The molecule has 0 saturated heterocycles. The molecule has 0 radical (unpaired) electrons. The molecule has 0 aliphatic carbocycles. The Balaban J connectivity index is 1.81. The molecule has 0 bridgehead atoms. The number of carbonyl (C=O) groups excluding carboxylic acids is 1. The molecule has 3 atom stereocenters. The molecule has 0 aliphatic rings. The Morgan fingerprint density at radius 1 is 0.941 bits per heavy atom. The highest BCUT2D eigenvalue weighted by Gasteiger charge is 2.23. The summed E-state index contributed by atoms with van der Waals surface area (Å²) < 4.78 is 5.40. The molecule has 34 heavy (non-hydrogen) atoms. The van der Waals surface area contributed by atoms with Crippen LogP contribution < -0.4 is 16.0 Å². The van der Waals surface area contributed by atoms with Crippen LogP contribution >= 0.6 is 0 Å². The molecule has 3 rings (SSSR count). The van der Waals surface area contributed by atoms with Crippen molar-refractivity contribution in [2.75, 3.05) is 18.6 Å². The van der Waals surface area contributed by atoms with E-state index in [0.717, 1.165) is 35.2 Å². The molecule has 3 aromatic carbocycles. The molecule has 0 aliphatic heterocycles. The third kappa shape index (κ3) is 6.69. The van der Waals surface area contributed by atoms with Gasteiger partial charge >= 0.3 is 6.03 Å². The van der Waals surface area contributed by atoms with Crippen molar-refractivity contribution in [3.8, 4) is 11.1 Å². The van der Waals surface area contributed by atoms with E-state index in [0.29, 0.717) is 6.54 Å². The quantitative estimate of drug-likeness (QED) is 0.394. The number of ether oxygens (including phenoxy) is 1. The number of carbonyl (C=O) groups is 1. The predicted molar refractivity (Wildman–Crippen MR) is 141 cm³/mol. The molecule has 3 aromatic rings. The number of hydrogen-bond acceptors (Lipinski definition) is 3. The topological polar surface area (TPSA) is 67.6 Å². The SMILES string of the molecule is CCCc1ccc(-c2ccc(N(CC(N)C(C)OC)C(=O)NC(C)c3ccccc3)cc2)cc1. The van der Waals surface area contributed by atoms with Gasteiger partial charge in [0.2, 0.25) is 0 Å². The van der Waals surface area contributed by atoms with Gasteiger partial charge in [0.1, 0.15) is 0 Å². The Bertz CT molecular complexity index is 1020. The van der Waals surface area contributed by atoms with E-state index in [4.69, 9.17) is 10.5 Å². The molecular formula is C29H37N3O2. The number of nitrogens with two attached hydrogens (primary N) is 1. The first-order valence-corrected chi connectivity index (χ1v) is 12.0. The van der Waals surface area contributed by atoms with Crippen molar-refractivity contribution in [2.24, 2.45) is 5.73 Å². The average molecular weight is 460 g/mol. The first kappa shape index (κ1) is 25.5. The molecule has 5 nitrogen and oxygen atoms in total. The normalized spacial score (nSPS) is 13.7. The van der Waals surface area contributed by atoms with Crippen LogP contribution in [0.25, 0.3) is 11.1 Å². The second-order valence-corrected chi connectivity index (χ2v) is 8.79. The summed E-state index contributed by atoms with van der Waals surface area (Å²) in [6, 6.07) is 26.0. The van der Waals surface area contributed by atoms with Crippen molar-refractivity contribution in [1.29, 1.82) is 0 Å². The van der Waals surface area contributed by atoms with E-state index in [9.17, 15) is 4.79 Å². The lowest BCUT2D eigenvalue weighted by molar-refractivity contribution is 0.0975. The fourth-order valence-corrected chi connectivity index (χ4v) is 3.91. The number of hydrogen-bond donors (Lipinski definition) is 2. The fourth-order valence-electron chi connectivity index (χ4n) is 3.91. The van der Waals surface area contributed by atoms with Crippen LogP contribution in [-0.2, 0) is 11.2 Å². The van der Waals surface area contributed by atoms with Crippen molar-refractivity contribution < 1.29 is 9.53 Å². The van der Waals surface area contributed by atoms with Gasteiger partial charge in [-0.25, -0.2) is 4.79 Å². The minimum Gasteiger partial charge on any atom is -0.380 e. The first-order chi connectivity index (χ1) is 16.4. The lowest BCUT2D eigenvalue weighted by Crippen LogP contribution is -2.50. The maximum absolute atomic E-state index is 13.3. The van der Waals surface area contributed by atoms with E-state index in [1.54, 1.807) is 12.0 Å². The first-order valence-electron chi connectivity index (χ1n) is 12.0. The van der Waals surface area contributed by atoms with Crippen molar-refractivity contribution in [3.05, 3.63) is 90.0 Å². The monoisotopic (exact) mass is 459 g/mol. The summed E-state index contributed by atoms with van der Waals surface area (Å²) in [6.45, 7) is 6.43. The standard InChI is InChI=1S/C29H37N3O2/c1-5-9-23-12-14-25(15-13-23)26-16-18-27(19-17-26)32(20-28(30)22(3)34-4)29(33)31-21(2)24-10-7-6-8-11-24/h6-8,10-19,21-22,28H,5,9,20,30H2,1-4H3,(H,31,33). The van der Waals surface area contributed by atoms with Crippen LogP contribution in [0.1, 0.15) is 44.4 Å². The van der Waals surface area contributed by atoms with Gasteiger partial charge in [-0.1, -0.05) is 80.1 Å². The highest BCUT2D eigenvalue weighted by atomic mass is 16.5. The van der Waals surface area contributed by atoms with Crippen molar-refractivity contribution in [2.45, 2.75) is 51.8 Å². The predicted octanol–water partition coefficient (Wildman–Crippen LogP) is 5.95. The third-order valence-corrected chi connectivity index (χ3v) is 6.26. The molecule has 180 valence electrons. The molecule has 3 N–H and O–H groups in total. The summed E-state index contributed by atoms with van der Waals surface area (Å²) >= 11 is 0. The minimum atomic E-state index is -0.325. The number of benzene rings is 3. The largest absolute Gasteiger partial charge is 0.380 e. The average Bonchev–Trinajstić information content (AvgIpc) is 2.87. The van der Waals surface area contributed by atoms with Crippen molar-refractivity contribution in [1.82, 2.24) is 5.32 Å². The van der Waals surface area contributed by atoms with Crippen LogP contribution in [0.3, 0.4) is 0 Å². The Kier molecular flexibility index (Phi) is 9.25. The summed E-state index contributed by atoms with van der Waals surface area (Å²) in [5.74, 6) is 0. The smallest absolute Gasteiger partial charge is 0.322 e. The van der Waals surface area contributed by atoms with Gasteiger partial charge in [0.05, 0.1) is 12.1 Å². The van der Waals surface area contributed by atoms with Crippen LogP contribution in [-0.4, -0.2) is 31.8 Å². The van der Waals surface area contributed by atoms with E-state index < -0.39 is 0 Å². The highest BCUT2D eigenvalue weighted by molar-refractivity contribution is 5.92. The molecular weight excluding hydrogens is 422 g/mol. The Labute approximate surface area is 203 Å². The van der Waals surface area contributed by atoms with Gasteiger partial charge < -0.3 is 15.8 Å². The maximum atomic E-state index is 13.3. The number of amides is 2. The van der Waals surface area contributed by atoms with Crippen LogP contribution in [0.15, 0.2) is 78.9 Å². The van der Waals surface area contributed by atoms with Gasteiger partial charge in [-0.05, 0) is 54.7 Å². The Hall–Kier alpha value is -3.15. The summed E-state index contributed by atoms with van der Waals surface area (Å²) in [7, 11) is 1.63. The van der Waals surface area contributed by atoms with E-state index in [1.165, 1.54) is 5.56 Å². The number of anilines is 1. The van der Waals surface area contributed by atoms with Crippen molar-refractivity contribution >= 4 is 11.7 Å². The molecule has 0 fully saturated rings. The van der Waals surface area contributed by atoms with Gasteiger partial charge in [0.15, 0.2) is 0 Å². The summed E-state index contributed by atoms with van der Waals surface area (Å²) in [6.07, 6.45) is 2.05. The number of nitrogens with zero attached hydrogens (tertiary/aromatic N) is 1. The van der Waals surface area contributed by atoms with Gasteiger partial charge in [-0.2, -0.15) is 0 Å². The van der Waals surface area contributed by atoms with Crippen molar-refractivity contribution in [3.63, 3.8) is 0 Å². The molecule has 0 heterocycles. The highest BCUT2D eigenvalue weighted by Crippen LogP contribution is 2.25. The number of nitrogens with one attached hydrogen (secondary N) is 1. The Morgan fingerprint density at radius 2 is 1.53 bits per heavy atom. The summed E-state index contributed by atoms with van der Waals surface area (Å²) in [5, 5.41) is 3.11. The molecule has 5 heteroatoms. The van der Waals surface area contributed by atoms with Gasteiger partial charge in [0, 0.05) is 25.4 Å². The molecule has 3 unspecified atom stereocenters. The number of rotatable bonds is 10. The molecule has 0 spiro atoms. The zero-order chi connectivity index (χ0) is 24.5. The van der Waals surface area contributed by atoms with E-state index >= 15 is 0 Å². The van der Waals surface area contributed by atoms with E-state index in [-0.39, 0.29) is 24.2 Å². The Morgan fingerprint density at radius 3 is 2.09 bits per heavy atom. The zero-order valence-electron chi connectivity index (χ0n) is 20.7. The van der Waals surface area contributed by atoms with Crippen LogP contribution in [0.4, 0.5) is 10.5 Å². The second kappa shape index (κ2) is 12.4. The fraction of sp³-hybridized carbons (Fsp3) is 0.345. The van der Waals surface area contributed by atoms with Crippen LogP contribution in [0.2, 0.25) is 0 Å². The second-order valence-electron chi connectivity index (χ2n) is 8.79. The van der Waals surface area contributed by atoms with E-state index in [2.05, 4.69) is 48.6 Å². The van der Waals surface area contributed by atoms with Crippen LogP contribution in [0.5, 0.6) is 0 Å².